The number of hydrogen-bond acceptors (Lipinski definition) is 5. The molecule has 1 unspecified atom stereocenters. The second-order valence-electron chi connectivity index (χ2n) is 10.4. The molecule has 4 N–H and O–H groups in total. The topological polar surface area (TPSA) is 105 Å². The van der Waals surface area contributed by atoms with E-state index in [9.17, 15) is 35.9 Å². The van der Waals surface area contributed by atoms with Gasteiger partial charge in [0.25, 0.3) is 5.91 Å². The number of rotatable bonds is 6. The first kappa shape index (κ1) is 26.5. The number of alkyl halides is 3. The van der Waals surface area contributed by atoms with Crippen molar-refractivity contribution in [2.75, 3.05) is 19.6 Å². The number of fused-ring (bicyclic) bond motifs is 1. The van der Waals surface area contributed by atoms with E-state index >= 15 is 0 Å². The van der Waals surface area contributed by atoms with Crippen molar-refractivity contribution in [3.05, 3.63) is 52.4 Å². The fourth-order valence-corrected chi connectivity index (χ4v) is 5.52. The third-order valence-corrected chi connectivity index (χ3v) is 7.53. The highest BCUT2D eigenvalue weighted by atomic mass is 19.4. The van der Waals surface area contributed by atoms with Gasteiger partial charge in [-0.1, -0.05) is 0 Å². The van der Waals surface area contributed by atoms with Crippen LogP contribution in [0.4, 0.5) is 26.3 Å². The number of carbonyl (C=O) groups is 2. The van der Waals surface area contributed by atoms with Crippen LogP contribution in [0.5, 0.6) is 0 Å². The second-order valence-corrected chi connectivity index (χ2v) is 10.4. The number of nitrogens with one attached hydrogen (secondary N) is 2. The molecule has 2 fully saturated rings. The summed E-state index contributed by atoms with van der Waals surface area (Å²) in [5.74, 6) is -6.08. The number of aromatic nitrogens is 2. The normalized spacial score (nSPS) is 19.5. The van der Waals surface area contributed by atoms with Crippen LogP contribution in [0.3, 0.4) is 0 Å². The Morgan fingerprint density at radius 2 is 1.82 bits per heavy atom. The molecule has 0 bridgehead atoms. The Kier molecular flexibility index (Phi) is 6.66. The summed E-state index contributed by atoms with van der Waals surface area (Å²) in [6.07, 6.45) is -3.92. The van der Waals surface area contributed by atoms with E-state index in [0.29, 0.717) is 12.1 Å². The molecule has 2 amide bonds. The van der Waals surface area contributed by atoms with Crippen molar-refractivity contribution in [3.8, 4) is 0 Å². The molecule has 0 radical (unpaired) electrons. The summed E-state index contributed by atoms with van der Waals surface area (Å²) < 4.78 is 82.5. The minimum absolute atomic E-state index is 0.0333. The van der Waals surface area contributed by atoms with Crippen molar-refractivity contribution >= 4 is 11.8 Å². The fraction of sp³-hybridized carbons (Fsp3) is 0.542. The second kappa shape index (κ2) is 9.56. The predicted octanol–water partition coefficient (Wildman–Crippen LogP) is 2.10. The van der Waals surface area contributed by atoms with Gasteiger partial charge in [0, 0.05) is 50.7 Å². The van der Waals surface area contributed by atoms with E-state index in [2.05, 4.69) is 15.6 Å². The minimum Gasteiger partial charge on any atom is -0.348 e. The monoisotopic (exact) mass is 544 g/mol. The van der Waals surface area contributed by atoms with Gasteiger partial charge < -0.3 is 25.8 Å². The van der Waals surface area contributed by atoms with Gasteiger partial charge in [0.15, 0.2) is 17.3 Å². The van der Waals surface area contributed by atoms with Crippen molar-refractivity contribution in [2.45, 2.75) is 57.0 Å². The van der Waals surface area contributed by atoms with E-state index < -0.39 is 47.3 Å². The molecule has 2 aromatic rings. The first-order valence-electron chi connectivity index (χ1n) is 12.2. The maximum Gasteiger partial charge on any atom is 0.449 e. The van der Waals surface area contributed by atoms with Crippen LogP contribution in [0.2, 0.25) is 0 Å². The molecule has 3 heterocycles. The molecule has 2 aliphatic heterocycles. The summed E-state index contributed by atoms with van der Waals surface area (Å²) in [5.41, 5.74) is 5.48. The van der Waals surface area contributed by atoms with Gasteiger partial charge in [-0.3, -0.25) is 9.59 Å². The van der Waals surface area contributed by atoms with Gasteiger partial charge >= 0.3 is 6.18 Å². The molecule has 1 atom stereocenters. The maximum atomic E-state index is 14.0. The first-order chi connectivity index (χ1) is 17.8. The SMILES string of the molecule is NC(CC(=O)N1CCn2c(C(F)(F)F)nc(C(=O)NC3CC4(CNC4)C3)c2C1)Cc1cc(F)c(F)cc1F. The molecule has 3 aliphatic rings. The third kappa shape index (κ3) is 4.98. The Morgan fingerprint density at radius 3 is 2.45 bits per heavy atom. The van der Waals surface area contributed by atoms with E-state index in [1.165, 1.54) is 4.90 Å². The van der Waals surface area contributed by atoms with Crippen LogP contribution >= 0.6 is 0 Å². The molecule has 14 heteroatoms. The summed E-state index contributed by atoms with van der Waals surface area (Å²) >= 11 is 0. The van der Waals surface area contributed by atoms with Crippen LogP contribution in [0.15, 0.2) is 12.1 Å². The number of amides is 2. The zero-order chi connectivity index (χ0) is 27.4. The number of hydrogen-bond donors (Lipinski definition) is 3. The average molecular weight is 545 g/mol. The van der Waals surface area contributed by atoms with Crippen LogP contribution in [-0.2, 0) is 30.5 Å². The largest absolute Gasteiger partial charge is 0.449 e. The molecule has 206 valence electrons. The molecule has 8 nitrogen and oxygen atoms in total. The average Bonchev–Trinajstić information content (AvgIpc) is 3.17. The molecule has 1 saturated heterocycles. The Labute approximate surface area is 213 Å². The van der Waals surface area contributed by atoms with E-state index in [1.807, 2.05) is 0 Å². The van der Waals surface area contributed by atoms with Crippen molar-refractivity contribution < 1.29 is 35.9 Å². The van der Waals surface area contributed by atoms with E-state index in [1.54, 1.807) is 0 Å². The number of carbonyl (C=O) groups excluding carboxylic acids is 2. The summed E-state index contributed by atoms with van der Waals surface area (Å²) in [4.78, 5) is 30.7. The van der Waals surface area contributed by atoms with Crippen LogP contribution in [0.25, 0.3) is 0 Å². The van der Waals surface area contributed by atoms with Crippen LogP contribution in [0, 0.1) is 22.9 Å². The number of nitrogens with zero attached hydrogens (tertiary/aromatic N) is 3. The number of benzene rings is 1. The van der Waals surface area contributed by atoms with Crippen molar-refractivity contribution in [2.24, 2.45) is 11.1 Å². The first-order valence-corrected chi connectivity index (χ1v) is 12.2. The summed E-state index contributed by atoms with van der Waals surface area (Å²) in [6.45, 7) is 1.08. The van der Waals surface area contributed by atoms with Gasteiger partial charge in [-0.15, -0.1) is 0 Å². The van der Waals surface area contributed by atoms with E-state index in [-0.39, 0.29) is 60.9 Å². The molecule has 5 rings (SSSR count). The Morgan fingerprint density at radius 1 is 1.13 bits per heavy atom. The van der Waals surface area contributed by atoms with Gasteiger partial charge in [-0.2, -0.15) is 13.2 Å². The van der Waals surface area contributed by atoms with Crippen molar-refractivity contribution in [1.29, 1.82) is 0 Å². The van der Waals surface area contributed by atoms with Gasteiger partial charge in [-0.25, -0.2) is 18.2 Å². The van der Waals surface area contributed by atoms with Crippen molar-refractivity contribution in [3.63, 3.8) is 0 Å². The fourth-order valence-electron chi connectivity index (χ4n) is 5.52. The van der Waals surface area contributed by atoms with E-state index in [0.717, 1.165) is 30.5 Å². The van der Waals surface area contributed by atoms with Gasteiger partial charge in [0.05, 0.1) is 12.2 Å². The van der Waals surface area contributed by atoms with Crippen LogP contribution < -0.4 is 16.4 Å². The van der Waals surface area contributed by atoms with Crippen molar-refractivity contribution in [1.82, 2.24) is 25.1 Å². The lowest BCUT2D eigenvalue weighted by Gasteiger charge is -2.54. The zero-order valence-electron chi connectivity index (χ0n) is 20.2. The number of halogens is 6. The summed E-state index contributed by atoms with van der Waals surface area (Å²) in [7, 11) is 0. The molecular weight excluding hydrogens is 518 g/mol. The van der Waals surface area contributed by atoms with Crippen LogP contribution in [-0.4, -0.2) is 58.0 Å². The lowest BCUT2D eigenvalue weighted by atomic mass is 9.61. The molecule has 1 aliphatic carbocycles. The molecule has 38 heavy (non-hydrogen) atoms. The Balaban J connectivity index is 1.28. The highest BCUT2D eigenvalue weighted by molar-refractivity contribution is 5.94. The lowest BCUT2D eigenvalue weighted by molar-refractivity contribution is -0.148. The molecule has 1 aromatic heterocycles. The zero-order valence-corrected chi connectivity index (χ0v) is 20.2. The molecule has 1 saturated carbocycles. The third-order valence-electron chi connectivity index (χ3n) is 7.53. The smallest absolute Gasteiger partial charge is 0.348 e. The highest BCUT2D eigenvalue weighted by Gasteiger charge is 2.49. The minimum atomic E-state index is -4.80. The maximum absolute atomic E-state index is 14.0. The van der Waals surface area contributed by atoms with E-state index in [4.69, 9.17) is 5.73 Å². The van der Waals surface area contributed by atoms with Gasteiger partial charge in [0.1, 0.15) is 5.82 Å². The quantitative estimate of drug-likeness (QED) is 0.382. The number of nitrogens with two attached hydrogens (primary N) is 1. The summed E-state index contributed by atoms with van der Waals surface area (Å²) in [6, 6.07) is -0.0624. The number of imidazole rings is 1. The Bertz CT molecular complexity index is 1270. The predicted molar refractivity (Wildman–Crippen MR) is 121 cm³/mol. The molecular formula is C24H26F6N6O2. The lowest BCUT2D eigenvalue weighted by Crippen LogP contribution is -2.65. The highest BCUT2D eigenvalue weighted by Crippen LogP contribution is 2.44. The van der Waals surface area contributed by atoms with Gasteiger partial charge in [-0.05, 0) is 36.3 Å². The van der Waals surface area contributed by atoms with Gasteiger partial charge in [0.2, 0.25) is 11.7 Å². The molecule has 1 aromatic carbocycles. The Hall–Kier alpha value is -3.13. The molecule has 1 spiro atoms. The summed E-state index contributed by atoms with van der Waals surface area (Å²) in [5, 5.41) is 5.93. The standard InChI is InChI=1S/C24H26F6N6O2/c25-15-6-17(27)16(26)4-12(15)3-13(31)5-19(37)35-1-2-36-18(9-35)20(34-22(36)24(28,29)30)21(38)33-14-7-23(8-14)10-32-11-23/h4,6,13-14,32H,1-3,5,7-11,31H2,(H,33,38). The van der Waals surface area contributed by atoms with Crippen LogP contribution in [0.1, 0.15) is 46.8 Å².